The molecule has 1 aliphatic rings. The van der Waals surface area contributed by atoms with Crippen LogP contribution in [0.3, 0.4) is 0 Å². The van der Waals surface area contributed by atoms with Gasteiger partial charge in [0.1, 0.15) is 6.10 Å². The molecule has 84 valence electrons. The Hall–Kier alpha value is -0.940. The molecule has 2 heterocycles. The third kappa shape index (κ3) is 2.54. The van der Waals surface area contributed by atoms with Crippen molar-refractivity contribution in [3.63, 3.8) is 0 Å². The molecule has 1 atom stereocenters. The summed E-state index contributed by atoms with van der Waals surface area (Å²) in [7, 11) is 0. The monoisotopic (exact) mass is 211 g/mol. The molecule has 2 rings (SSSR count). The number of ether oxygens (including phenoxy) is 1. The molecule has 1 aromatic heterocycles. The van der Waals surface area contributed by atoms with Gasteiger partial charge in [0, 0.05) is 13.0 Å². The largest absolute Gasteiger partial charge is 0.371 e. The number of hydrogen-bond acceptors (Lipinski definition) is 5. The molecular formula is C10H17N3O2. The quantitative estimate of drug-likeness (QED) is 0.785. The Morgan fingerprint density at radius 1 is 1.60 bits per heavy atom. The van der Waals surface area contributed by atoms with E-state index in [0.717, 1.165) is 25.4 Å². The van der Waals surface area contributed by atoms with Crippen molar-refractivity contribution in [1.29, 1.82) is 0 Å². The lowest BCUT2D eigenvalue weighted by Gasteiger charge is -2.25. The minimum absolute atomic E-state index is 0.0768. The first-order chi connectivity index (χ1) is 7.29. The maximum atomic E-state index is 5.39. The van der Waals surface area contributed by atoms with Crippen molar-refractivity contribution in [2.75, 3.05) is 19.7 Å². The van der Waals surface area contributed by atoms with Gasteiger partial charge in [-0.3, -0.25) is 0 Å². The molecule has 1 aromatic rings. The average Bonchev–Trinajstić information content (AvgIpc) is 2.60. The summed E-state index contributed by atoms with van der Waals surface area (Å²) >= 11 is 0. The fourth-order valence-corrected chi connectivity index (χ4v) is 1.58. The van der Waals surface area contributed by atoms with Gasteiger partial charge in [-0.15, -0.1) is 0 Å². The van der Waals surface area contributed by atoms with Crippen LogP contribution in [0.5, 0.6) is 0 Å². The normalized spacial score (nSPS) is 18.8. The maximum absolute atomic E-state index is 5.39. The lowest BCUT2D eigenvalue weighted by Crippen LogP contribution is -2.43. The number of nitrogens with zero attached hydrogens (tertiary/aromatic N) is 2. The van der Waals surface area contributed by atoms with Gasteiger partial charge in [0.2, 0.25) is 5.89 Å². The highest BCUT2D eigenvalue weighted by atomic mass is 16.5. The van der Waals surface area contributed by atoms with Crippen molar-refractivity contribution in [1.82, 2.24) is 15.5 Å². The fourth-order valence-electron chi connectivity index (χ4n) is 1.58. The van der Waals surface area contributed by atoms with Gasteiger partial charge in [0.25, 0.3) is 0 Å². The van der Waals surface area contributed by atoms with E-state index in [9.17, 15) is 0 Å². The predicted octanol–water partition coefficient (Wildman–Crippen LogP) is 0.929. The highest BCUT2D eigenvalue weighted by Crippen LogP contribution is 2.15. The van der Waals surface area contributed by atoms with Crippen LogP contribution in [0.1, 0.15) is 31.7 Å². The Morgan fingerprint density at radius 2 is 2.40 bits per heavy atom. The summed E-state index contributed by atoms with van der Waals surface area (Å²) in [4.78, 5) is 4.32. The summed E-state index contributed by atoms with van der Waals surface area (Å²) < 4.78 is 10.6. The van der Waals surface area contributed by atoms with Crippen LogP contribution in [0.15, 0.2) is 4.52 Å². The Bertz CT molecular complexity index is 309. The SMILES string of the molecule is CCOC(C)c1noc(CC2CNC2)n1. The van der Waals surface area contributed by atoms with Gasteiger partial charge >= 0.3 is 0 Å². The van der Waals surface area contributed by atoms with Crippen molar-refractivity contribution < 1.29 is 9.26 Å². The number of hydrogen-bond donors (Lipinski definition) is 1. The first kappa shape index (κ1) is 10.6. The molecule has 0 amide bonds. The first-order valence-corrected chi connectivity index (χ1v) is 5.44. The van der Waals surface area contributed by atoms with Crippen LogP contribution in [0.25, 0.3) is 0 Å². The molecule has 1 fully saturated rings. The van der Waals surface area contributed by atoms with E-state index in [-0.39, 0.29) is 6.10 Å². The van der Waals surface area contributed by atoms with Gasteiger partial charge < -0.3 is 14.6 Å². The average molecular weight is 211 g/mol. The van der Waals surface area contributed by atoms with Crippen LogP contribution in [0.4, 0.5) is 0 Å². The molecular weight excluding hydrogens is 194 g/mol. The highest BCUT2D eigenvalue weighted by molar-refractivity contribution is 4.93. The molecule has 0 bridgehead atoms. The van der Waals surface area contributed by atoms with Crippen molar-refractivity contribution in [3.8, 4) is 0 Å². The zero-order valence-electron chi connectivity index (χ0n) is 9.19. The van der Waals surface area contributed by atoms with Gasteiger partial charge in [-0.1, -0.05) is 5.16 Å². The predicted molar refractivity (Wildman–Crippen MR) is 54.4 cm³/mol. The molecule has 0 aliphatic carbocycles. The van der Waals surface area contributed by atoms with Gasteiger partial charge in [-0.05, 0) is 32.9 Å². The zero-order chi connectivity index (χ0) is 10.7. The van der Waals surface area contributed by atoms with Crippen LogP contribution in [-0.2, 0) is 11.2 Å². The van der Waals surface area contributed by atoms with Gasteiger partial charge in [0.15, 0.2) is 5.82 Å². The van der Waals surface area contributed by atoms with Gasteiger partial charge in [0.05, 0.1) is 0 Å². The first-order valence-electron chi connectivity index (χ1n) is 5.44. The van der Waals surface area contributed by atoms with E-state index in [1.54, 1.807) is 0 Å². The van der Waals surface area contributed by atoms with E-state index >= 15 is 0 Å². The maximum Gasteiger partial charge on any atom is 0.227 e. The highest BCUT2D eigenvalue weighted by Gasteiger charge is 2.21. The van der Waals surface area contributed by atoms with Gasteiger partial charge in [-0.2, -0.15) is 4.98 Å². The summed E-state index contributed by atoms with van der Waals surface area (Å²) in [6.07, 6.45) is 0.797. The smallest absolute Gasteiger partial charge is 0.227 e. The summed E-state index contributed by atoms with van der Waals surface area (Å²) in [5, 5.41) is 7.13. The third-order valence-corrected chi connectivity index (χ3v) is 2.59. The molecule has 1 N–H and O–H groups in total. The van der Waals surface area contributed by atoms with E-state index < -0.39 is 0 Å². The van der Waals surface area contributed by atoms with Crippen molar-refractivity contribution in [3.05, 3.63) is 11.7 Å². The van der Waals surface area contributed by atoms with Crippen LogP contribution in [0.2, 0.25) is 0 Å². The molecule has 1 unspecified atom stereocenters. The van der Waals surface area contributed by atoms with E-state index in [1.165, 1.54) is 0 Å². The second-order valence-electron chi connectivity index (χ2n) is 3.87. The summed E-state index contributed by atoms with van der Waals surface area (Å²) in [5.41, 5.74) is 0. The van der Waals surface area contributed by atoms with E-state index in [2.05, 4.69) is 15.5 Å². The second-order valence-corrected chi connectivity index (χ2v) is 3.87. The Kier molecular flexibility index (Phi) is 3.33. The summed E-state index contributed by atoms with van der Waals surface area (Å²) in [5.74, 6) is 2.03. The molecule has 0 aromatic carbocycles. The van der Waals surface area contributed by atoms with Crippen LogP contribution in [0, 0.1) is 5.92 Å². The standard InChI is InChI=1S/C10H17N3O2/c1-3-14-7(2)10-12-9(15-13-10)4-8-5-11-6-8/h7-8,11H,3-6H2,1-2H3. The van der Waals surface area contributed by atoms with Gasteiger partial charge in [-0.25, -0.2) is 0 Å². The molecule has 0 radical (unpaired) electrons. The molecule has 0 saturated carbocycles. The minimum atomic E-state index is -0.0768. The number of nitrogens with one attached hydrogen (secondary N) is 1. The Balaban J connectivity index is 1.90. The summed E-state index contributed by atoms with van der Waals surface area (Å²) in [6, 6.07) is 0. The molecule has 15 heavy (non-hydrogen) atoms. The molecule has 0 spiro atoms. The lowest BCUT2D eigenvalue weighted by molar-refractivity contribution is 0.0683. The van der Waals surface area contributed by atoms with Crippen LogP contribution < -0.4 is 5.32 Å². The van der Waals surface area contributed by atoms with Crippen LogP contribution >= 0.6 is 0 Å². The van der Waals surface area contributed by atoms with Crippen LogP contribution in [-0.4, -0.2) is 29.8 Å². The number of aromatic nitrogens is 2. The van der Waals surface area contributed by atoms with Crippen molar-refractivity contribution in [2.24, 2.45) is 5.92 Å². The fraction of sp³-hybridized carbons (Fsp3) is 0.800. The second kappa shape index (κ2) is 4.72. The lowest BCUT2D eigenvalue weighted by atomic mass is 10.00. The number of rotatable bonds is 5. The summed E-state index contributed by atoms with van der Waals surface area (Å²) in [6.45, 7) is 6.66. The molecule has 1 aliphatic heterocycles. The molecule has 5 nitrogen and oxygen atoms in total. The Labute approximate surface area is 89.2 Å². The minimum Gasteiger partial charge on any atom is -0.371 e. The molecule has 5 heteroatoms. The third-order valence-electron chi connectivity index (χ3n) is 2.59. The van der Waals surface area contributed by atoms with E-state index in [1.807, 2.05) is 13.8 Å². The van der Waals surface area contributed by atoms with E-state index in [0.29, 0.717) is 18.3 Å². The molecule has 1 saturated heterocycles. The van der Waals surface area contributed by atoms with Crippen molar-refractivity contribution in [2.45, 2.75) is 26.4 Å². The van der Waals surface area contributed by atoms with Crippen molar-refractivity contribution >= 4 is 0 Å². The Morgan fingerprint density at radius 3 is 3.00 bits per heavy atom. The zero-order valence-corrected chi connectivity index (χ0v) is 9.19. The topological polar surface area (TPSA) is 60.2 Å². The van der Waals surface area contributed by atoms with E-state index in [4.69, 9.17) is 9.26 Å².